The molecule has 2 rings (SSSR count). The lowest BCUT2D eigenvalue weighted by molar-refractivity contribution is -0.104. The summed E-state index contributed by atoms with van der Waals surface area (Å²) in [6, 6.07) is 14.0. The highest BCUT2D eigenvalue weighted by Crippen LogP contribution is 2.17. The normalized spacial score (nSPS) is 9.85. The maximum absolute atomic E-state index is 11.2. The van der Waals surface area contributed by atoms with Gasteiger partial charge in [-0.05, 0) is 42.0 Å². The third-order valence-electron chi connectivity index (χ3n) is 2.79. The molecule has 0 saturated heterocycles. The van der Waals surface area contributed by atoms with Crippen LogP contribution in [0, 0.1) is 0 Å². The van der Waals surface area contributed by atoms with Crippen molar-refractivity contribution in [1.29, 1.82) is 0 Å². The van der Waals surface area contributed by atoms with E-state index in [9.17, 15) is 9.59 Å². The van der Waals surface area contributed by atoms with Crippen LogP contribution in [0.15, 0.2) is 48.5 Å². The lowest BCUT2D eigenvalue weighted by Gasteiger charge is -2.08. The van der Waals surface area contributed by atoms with Gasteiger partial charge in [-0.15, -0.1) is 0 Å². The van der Waals surface area contributed by atoms with Crippen LogP contribution in [0.1, 0.15) is 15.9 Å². The molecule has 0 radical (unpaired) electrons. The summed E-state index contributed by atoms with van der Waals surface area (Å²) < 4.78 is 10.7. The van der Waals surface area contributed by atoms with Crippen molar-refractivity contribution in [2.45, 2.75) is 6.61 Å². The van der Waals surface area contributed by atoms with Gasteiger partial charge in [0.25, 0.3) is 0 Å². The van der Waals surface area contributed by atoms with E-state index < -0.39 is 5.78 Å². The fourth-order valence-electron chi connectivity index (χ4n) is 1.71. The topological polar surface area (TPSA) is 52.6 Å². The molecule has 0 unspecified atom stereocenters. The second-order valence-corrected chi connectivity index (χ2v) is 4.15. The van der Waals surface area contributed by atoms with Crippen LogP contribution < -0.4 is 9.47 Å². The van der Waals surface area contributed by atoms with Crippen molar-refractivity contribution in [1.82, 2.24) is 0 Å². The predicted molar refractivity (Wildman–Crippen MR) is 74.2 cm³/mol. The summed E-state index contributed by atoms with van der Waals surface area (Å²) in [5, 5.41) is 0. The SMILES string of the molecule is COc1cccc(COc2ccc(C(=O)C=O)cc2)c1. The average molecular weight is 270 g/mol. The van der Waals surface area contributed by atoms with Gasteiger partial charge in [0, 0.05) is 5.56 Å². The van der Waals surface area contributed by atoms with Gasteiger partial charge in [-0.2, -0.15) is 0 Å². The van der Waals surface area contributed by atoms with Crippen molar-refractivity contribution in [2.24, 2.45) is 0 Å². The minimum absolute atomic E-state index is 0.298. The molecule has 0 fully saturated rings. The summed E-state index contributed by atoms with van der Waals surface area (Å²) in [6.45, 7) is 0.401. The number of aldehydes is 1. The Morgan fingerprint density at radius 1 is 1.10 bits per heavy atom. The molecule has 0 amide bonds. The molecule has 102 valence electrons. The van der Waals surface area contributed by atoms with E-state index in [1.165, 1.54) is 0 Å². The van der Waals surface area contributed by atoms with Gasteiger partial charge in [-0.3, -0.25) is 9.59 Å². The third-order valence-corrected chi connectivity index (χ3v) is 2.79. The van der Waals surface area contributed by atoms with Crippen molar-refractivity contribution in [3.63, 3.8) is 0 Å². The highest BCUT2D eigenvalue weighted by atomic mass is 16.5. The summed E-state index contributed by atoms with van der Waals surface area (Å²) >= 11 is 0. The van der Waals surface area contributed by atoms with Crippen LogP contribution in [0.25, 0.3) is 0 Å². The van der Waals surface area contributed by atoms with Crippen LogP contribution in [0.5, 0.6) is 11.5 Å². The quantitative estimate of drug-likeness (QED) is 0.460. The Balaban J connectivity index is 2.00. The molecule has 2 aromatic carbocycles. The third kappa shape index (κ3) is 3.45. The molecule has 20 heavy (non-hydrogen) atoms. The fraction of sp³-hybridized carbons (Fsp3) is 0.125. The number of Topliss-reactive ketones (excluding diaryl/α,β-unsaturated/α-hetero) is 1. The lowest BCUT2D eigenvalue weighted by atomic mass is 10.1. The zero-order valence-electron chi connectivity index (χ0n) is 11.0. The van der Waals surface area contributed by atoms with E-state index in [-0.39, 0.29) is 0 Å². The predicted octanol–water partition coefficient (Wildman–Crippen LogP) is 2.66. The van der Waals surface area contributed by atoms with Crippen LogP contribution >= 0.6 is 0 Å². The maximum Gasteiger partial charge on any atom is 0.225 e. The first-order valence-corrected chi connectivity index (χ1v) is 6.08. The standard InChI is InChI=1S/C16H14O4/c1-19-15-4-2-3-12(9-15)11-20-14-7-5-13(6-8-14)16(18)10-17/h2-10H,11H2,1H3. The summed E-state index contributed by atoms with van der Waals surface area (Å²) in [7, 11) is 1.61. The second-order valence-electron chi connectivity index (χ2n) is 4.15. The van der Waals surface area contributed by atoms with Gasteiger partial charge in [0.05, 0.1) is 7.11 Å². The van der Waals surface area contributed by atoms with E-state index in [0.717, 1.165) is 11.3 Å². The molecule has 0 aliphatic heterocycles. The smallest absolute Gasteiger partial charge is 0.225 e. The molecule has 4 nitrogen and oxygen atoms in total. The van der Waals surface area contributed by atoms with Crippen LogP contribution in [0.3, 0.4) is 0 Å². The molecule has 0 N–H and O–H groups in total. The van der Waals surface area contributed by atoms with Crippen LogP contribution in [0.4, 0.5) is 0 Å². The Morgan fingerprint density at radius 2 is 1.85 bits per heavy atom. The van der Waals surface area contributed by atoms with Gasteiger partial charge in [-0.25, -0.2) is 0 Å². The average Bonchev–Trinajstić information content (AvgIpc) is 2.53. The van der Waals surface area contributed by atoms with Gasteiger partial charge in [0.15, 0.2) is 6.29 Å². The minimum Gasteiger partial charge on any atom is -0.497 e. The largest absolute Gasteiger partial charge is 0.497 e. The highest BCUT2D eigenvalue weighted by Gasteiger charge is 2.04. The zero-order chi connectivity index (χ0) is 14.4. The number of benzene rings is 2. The molecule has 0 atom stereocenters. The molecular weight excluding hydrogens is 256 g/mol. The number of rotatable bonds is 6. The number of hydrogen-bond donors (Lipinski definition) is 0. The molecule has 0 aliphatic rings. The molecule has 0 bridgehead atoms. The number of ketones is 1. The van der Waals surface area contributed by atoms with Gasteiger partial charge < -0.3 is 9.47 Å². The van der Waals surface area contributed by atoms with E-state index in [0.29, 0.717) is 24.2 Å². The molecule has 4 heteroatoms. The van der Waals surface area contributed by atoms with Gasteiger partial charge in [0.2, 0.25) is 5.78 Å². The first-order valence-electron chi connectivity index (χ1n) is 6.08. The second kappa shape index (κ2) is 6.52. The van der Waals surface area contributed by atoms with E-state index >= 15 is 0 Å². The monoisotopic (exact) mass is 270 g/mol. The summed E-state index contributed by atoms with van der Waals surface area (Å²) in [4.78, 5) is 21.5. The first kappa shape index (κ1) is 13.8. The van der Waals surface area contributed by atoms with E-state index in [1.807, 2.05) is 24.3 Å². The lowest BCUT2D eigenvalue weighted by Crippen LogP contribution is -2.00. The van der Waals surface area contributed by atoms with Crippen molar-refractivity contribution in [2.75, 3.05) is 7.11 Å². The minimum atomic E-state index is -0.538. The van der Waals surface area contributed by atoms with Gasteiger partial charge >= 0.3 is 0 Å². The summed E-state index contributed by atoms with van der Waals surface area (Å²) in [5.41, 5.74) is 1.34. The van der Waals surface area contributed by atoms with E-state index in [2.05, 4.69) is 0 Å². The van der Waals surface area contributed by atoms with E-state index in [4.69, 9.17) is 9.47 Å². The van der Waals surface area contributed by atoms with Crippen molar-refractivity contribution >= 4 is 12.1 Å². The number of carbonyl (C=O) groups is 2. The number of ether oxygens (including phenoxy) is 2. The fourth-order valence-corrected chi connectivity index (χ4v) is 1.71. The van der Waals surface area contributed by atoms with E-state index in [1.54, 1.807) is 31.4 Å². The Bertz CT molecular complexity index is 602. The number of methoxy groups -OCH3 is 1. The Kier molecular flexibility index (Phi) is 4.50. The van der Waals surface area contributed by atoms with Crippen molar-refractivity contribution in [3.05, 3.63) is 59.7 Å². The first-order chi connectivity index (χ1) is 9.72. The summed E-state index contributed by atoms with van der Waals surface area (Å²) in [5.74, 6) is 0.873. The Hall–Kier alpha value is -2.62. The highest BCUT2D eigenvalue weighted by molar-refractivity contribution is 6.33. The molecular formula is C16H14O4. The zero-order valence-corrected chi connectivity index (χ0v) is 11.0. The van der Waals surface area contributed by atoms with Gasteiger partial charge in [0.1, 0.15) is 18.1 Å². The van der Waals surface area contributed by atoms with Crippen molar-refractivity contribution < 1.29 is 19.1 Å². The Labute approximate surface area is 116 Å². The van der Waals surface area contributed by atoms with Crippen LogP contribution in [-0.4, -0.2) is 19.2 Å². The van der Waals surface area contributed by atoms with Gasteiger partial charge in [-0.1, -0.05) is 12.1 Å². The Morgan fingerprint density at radius 3 is 2.50 bits per heavy atom. The van der Waals surface area contributed by atoms with Crippen molar-refractivity contribution in [3.8, 4) is 11.5 Å². The molecule has 0 aliphatic carbocycles. The maximum atomic E-state index is 11.2. The van der Waals surface area contributed by atoms with Crippen LogP contribution in [-0.2, 0) is 11.4 Å². The number of hydrogen-bond acceptors (Lipinski definition) is 4. The summed E-state index contributed by atoms with van der Waals surface area (Å²) in [6.07, 6.45) is 0.298. The molecule has 0 saturated carbocycles. The number of carbonyl (C=O) groups excluding carboxylic acids is 2. The molecule has 0 spiro atoms. The molecule has 0 aromatic heterocycles. The molecule has 0 heterocycles. The van der Waals surface area contributed by atoms with Crippen LogP contribution in [0.2, 0.25) is 0 Å². The molecule has 2 aromatic rings.